The number of piperidine rings is 1. The molecule has 1 fully saturated rings. The van der Waals surface area contributed by atoms with Crippen molar-refractivity contribution in [3.05, 3.63) is 41.5 Å². The van der Waals surface area contributed by atoms with Crippen LogP contribution in [-0.4, -0.2) is 30.5 Å². The van der Waals surface area contributed by atoms with Crippen LogP contribution >= 0.6 is 12.0 Å². The second-order valence-electron chi connectivity index (χ2n) is 6.12. The van der Waals surface area contributed by atoms with Crippen molar-refractivity contribution in [1.82, 2.24) is 4.90 Å². The summed E-state index contributed by atoms with van der Waals surface area (Å²) in [5, 5.41) is 0. The van der Waals surface area contributed by atoms with Gasteiger partial charge >= 0.3 is 5.51 Å². The van der Waals surface area contributed by atoms with Crippen molar-refractivity contribution in [3.63, 3.8) is 0 Å². The molecule has 0 saturated carbocycles. The van der Waals surface area contributed by atoms with Gasteiger partial charge in [0.1, 0.15) is 5.76 Å². The Morgan fingerprint density at radius 3 is 2.55 bits per heavy atom. The first-order valence-electron chi connectivity index (χ1n) is 7.29. The van der Waals surface area contributed by atoms with Crippen LogP contribution in [0.5, 0.6) is 0 Å². The third kappa shape index (κ3) is 3.43. The minimum absolute atomic E-state index is 0.0810. The molecule has 1 aliphatic carbocycles. The highest BCUT2D eigenvalue weighted by Crippen LogP contribution is 2.46. The number of hydrogen-bond acceptors (Lipinski definition) is 3. The molecule has 1 saturated heterocycles. The van der Waals surface area contributed by atoms with Crippen LogP contribution in [0.1, 0.15) is 24.0 Å². The Balaban J connectivity index is 1.90. The zero-order chi connectivity index (χ0) is 15.8. The summed E-state index contributed by atoms with van der Waals surface area (Å²) >= 11 is -0.427. The average Bonchev–Trinajstić information content (AvgIpc) is 2.47. The van der Waals surface area contributed by atoms with Crippen LogP contribution < -0.4 is 0 Å². The maximum atomic E-state index is 12.5. The standard InChI is InChI=1S/C16H18F3NOS/c1-20-8-6-15(7-9-20)10-12-4-2-3-5-13(12)14(11-15)21-22-16(17,18)19/h2-5,11H,6-10H2,1H3. The quantitative estimate of drug-likeness (QED) is 0.742. The molecule has 0 unspecified atom stereocenters. The molecule has 0 bridgehead atoms. The van der Waals surface area contributed by atoms with Gasteiger partial charge in [-0.3, -0.25) is 0 Å². The number of alkyl halides is 3. The van der Waals surface area contributed by atoms with Gasteiger partial charge in [0.05, 0.1) is 0 Å². The van der Waals surface area contributed by atoms with Gasteiger partial charge in [-0.05, 0) is 56.5 Å². The van der Waals surface area contributed by atoms with E-state index in [0.717, 1.165) is 43.5 Å². The van der Waals surface area contributed by atoms with Gasteiger partial charge in [0.2, 0.25) is 0 Å². The molecule has 1 aromatic rings. The van der Waals surface area contributed by atoms with E-state index in [0.29, 0.717) is 5.76 Å². The third-order valence-electron chi connectivity index (χ3n) is 4.47. The van der Waals surface area contributed by atoms with Crippen molar-refractivity contribution in [2.45, 2.75) is 24.8 Å². The summed E-state index contributed by atoms with van der Waals surface area (Å²) in [5.41, 5.74) is -2.62. The Kier molecular flexibility index (Phi) is 4.16. The Hall–Kier alpha value is -1.14. The Morgan fingerprint density at radius 1 is 1.18 bits per heavy atom. The highest BCUT2D eigenvalue weighted by atomic mass is 32.2. The fourth-order valence-corrected chi connectivity index (χ4v) is 3.57. The van der Waals surface area contributed by atoms with Crippen molar-refractivity contribution in [2.75, 3.05) is 20.1 Å². The van der Waals surface area contributed by atoms with Crippen molar-refractivity contribution >= 4 is 17.8 Å². The smallest absolute Gasteiger partial charge is 0.417 e. The van der Waals surface area contributed by atoms with Crippen molar-refractivity contribution in [3.8, 4) is 0 Å². The molecule has 1 aliphatic heterocycles. The molecule has 1 aromatic carbocycles. The van der Waals surface area contributed by atoms with Gasteiger partial charge in [0.15, 0.2) is 12.0 Å². The molecule has 120 valence electrons. The summed E-state index contributed by atoms with van der Waals surface area (Å²) in [4.78, 5) is 2.25. The van der Waals surface area contributed by atoms with Crippen LogP contribution in [0.4, 0.5) is 13.2 Å². The second kappa shape index (κ2) is 5.81. The van der Waals surface area contributed by atoms with Crippen LogP contribution in [0.15, 0.2) is 30.3 Å². The summed E-state index contributed by atoms with van der Waals surface area (Å²) in [6.07, 6.45) is 4.70. The van der Waals surface area contributed by atoms with Gasteiger partial charge in [0, 0.05) is 5.56 Å². The van der Waals surface area contributed by atoms with Gasteiger partial charge in [-0.1, -0.05) is 24.3 Å². The lowest BCUT2D eigenvalue weighted by Gasteiger charge is -2.41. The number of likely N-dealkylation sites (tertiary alicyclic amines) is 1. The van der Waals surface area contributed by atoms with Crippen molar-refractivity contribution in [1.29, 1.82) is 0 Å². The number of halogens is 3. The fourth-order valence-electron chi connectivity index (χ4n) is 3.25. The molecular weight excluding hydrogens is 311 g/mol. The Morgan fingerprint density at radius 2 is 1.86 bits per heavy atom. The summed E-state index contributed by atoms with van der Waals surface area (Å²) in [6, 6.07) is 7.59. The zero-order valence-corrected chi connectivity index (χ0v) is 13.1. The van der Waals surface area contributed by atoms with Crippen LogP contribution in [0, 0.1) is 5.41 Å². The number of benzene rings is 1. The summed E-state index contributed by atoms with van der Waals surface area (Å²) in [6.45, 7) is 1.91. The predicted octanol–water partition coefficient (Wildman–Crippen LogP) is 4.48. The minimum atomic E-state index is -4.40. The van der Waals surface area contributed by atoms with Gasteiger partial charge < -0.3 is 9.08 Å². The predicted molar refractivity (Wildman–Crippen MR) is 82.0 cm³/mol. The normalized spacial score (nSPS) is 21.4. The lowest BCUT2D eigenvalue weighted by atomic mass is 9.70. The summed E-state index contributed by atoms with van der Waals surface area (Å²) in [5.74, 6) is 0.355. The monoisotopic (exact) mass is 329 g/mol. The molecular formula is C16H18F3NOS. The first-order valence-corrected chi connectivity index (χ1v) is 8.03. The minimum Gasteiger partial charge on any atom is -0.417 e. The second-order valence-corrected chi connectivity index (χ2v) is 6.92. The first-order chi connectivity index (χ1) is 10.4. The van der Waals surface area contributed by atoms with Crippen LogP contribution in [0.25, 0.3) is 5.76 Å². The number of allylic oxidation sites excluding steroid dienone is 1. The highest BCUT2D eigenvalue weighted by Gasteiger charge is 2.38. The van der Waals surface area contributed by atoms with E-state index in [2.05, 4.69) is 11.9 Å². The average molecular weight is 329 g/mol. The molecule has 0 aromatic heterocycles. The largest absolute Gasteiger partial charge is 0.479 e. The number of rotatable bonds is 2. The molecule has 2 nitrogen and oxygen atoms in total. The molecule has 2 aliphatic rings. The molecule has 6 heteroatoms. The summed E-state index contributed by atoms with van der Waals surface area (Å²) < 4.78 is 42.5. The van der Waals surface area contributed by atoms with E-state index in [1.165, 1.54) is 0 Å². The number of hydrogen-bond donors (Lipinski definition) is 0. The molecule has 3 rings (SSSR count). The van der Waals surface area contributed by atoms with Crippen molar-refractivity contribution in [2.24, 2.45) is 5.41 Å². The van der Waals surface area contributed by atoms with Gasteiger partial charge in [-0.25, -0.2) is 0 Å². The lowest BCUT2D eigenvalue weighted by Crippen LogP contribution is -2.39. The van der Waals surface area contributed by atoms with Gasteiger partial charge in [-0.15, -0.1) is 0 Å². The van der Waals surface area contributed by atoms with Gasteiger partial charge in [-0.2, -0.15) is 13.2 Å². The highest BCUT2D eigenvalue weighted by molar-refractivity contribution is 7.95. The molecule has 1 heterocycles. The Labute approximate surface area is 132 Å². The lowest BCUT2D eigenvalue weighted by molar-refractivity contribution is -0.0376. The molecule has 0 radical (unpaired) electrons. The van der Waals surface area contributed by atoms with E-state index >= 15 is 0 Å². The number of nitrogens with zero attached hydrogens (tertiary/aromatic N) is 1. The van der Waals surface area contributed by atoms with E-state index in [-0.39, 0.29) is 5.41 Å². The topological polar surface area (TPSA) is 12.5 Å². The van der Waals surface area contributed by atoms with Crippen LogP contribution in [0.2, 0.25) is 0 Å². The van der Waals surface area contributed by atoms with Crippen molar-refractivity contribution < 1.29 is 17.4 Å². The van der Waals surface area contributed by atoms with E-state index in [1.807, 2.05) is 30.3 Å². The molecule has 0 amide bonds. The number of fused-ring (bicyclic) bond motifs is 1. The third-order valence-corrected chi connectivity index (χ3v) is 4.92. The van der Waals surface area contributed by atoms with E-state index < -0.39 is 17.6 Å². The molecule has 1 spiro atoms. The SMILES string of the molecule is CN1CCC2(C=C(OSC(F)(F)F)c3ccccc3C2)CC1. The Bertz CT molecular complexity index is 577. The summed E-state index contributed by atoms with van der Waals surface area (Å²) in [7, 11) is 2.07. The maximum absolute atomic E-state index is 12.5. The van der Waals surface area contributed by atoms with Crippen LogP contribution in [-0.2, 0) is 10.6 Å². The van der Waals surface area contributed by atoms with E-state index in [4.69, 9.17) is 4.18 Å². The van der Waals surface area contributed by atoms with E-state index in [9.17, 15) is 13.2 Å². The molecule has 0 atom stereocenters. The maximum Gasteiger partial charge on any atom is 0.479 e. The zero-order valence-electron chi connectivity index (χ0n) is 12.3. The fraction of sp³-hybridized carbons (Fsp3) is 0.500. The van der Waals surface area contributed by atoms with Gasteiger partial charge in [0.25, 0.3) is 0 Å². The van der Waals surface area contributed by atoms with Crippen LogP contribution in [0.3, 0.4) is 0 Å². The molecule has 22 heavy (non-hydrogen) atoms. The molecule has 0 N–H and O–H groups in total. The van der Waals surface area contributed by atoms with E-state index in [1.54, 1.807) is 0 Å². The first kappa shape index (κ1) is 15.7.